The van der Waals surface area contributed by atoms with E-state index in [1.54, 1.807) is 0 Å². The minimum Gasteiger partial charge on any atom is -0.490 e. The Kier molecular flexibility index (Phi) is 8.85. The Labute approximate surface area is 149 Å². The molecule has 2 rings (SSSR count). The van der Waals surface area contributed by atoms with E-state index in [0.29, 0.717) is 18.2 Å². The van der Waals surface area contributed by atoms with Crippen LogP contribution in [-0.4, -0.2) is 13.2 Å². The van der Waals surface area contributed by atoms with Crippen molar-refractivity contribution in [3.05, 3.63) is 58.6 Å². The second-order valence-electron chi connectivity index (χ2n) is 4.87. The summed E-state index contributed by atoms with van der Waals surface area (Å²) >= 11 is 6.15. The molecule has 0 amide bonds. The van der Waals surface area contributed by atoms with Crippen molar-refractivity contribution in [2.24, 2.45) is 0 Å². The van der Waals surface area contributed by atoms with Crippen LogP contribution in [0.5, 0.6) is 11.5 Å². The summed E-state index contributed by atoms with van der Waals surface area (Å²) in [7, 11) is 0. The SMILES string of the molecule is CCNCc1ccc(OCc2ccccc2Cl)c(OCC)c1.Cl. The van der Waals surface area contributed by atoms with Gasteiger partial charge in [-0.05, 0) is 37.2 Å². The molecule has 0 atom stereocenters. The summed E-state index contributed by atoms with van der Waals surface area (Å²) < 4.78 is 11.6. The predicted molar refractivity (Wildman–Crippen MR) is 98.0 cm³/mol. The van der Waals surface area contributed by atoms with Gasteiger partial charge in [0.2, 0.25) is 0 Å². The Bertz CT molecular complexity index is 605. The summed E-state index contributed by atoms with van der Waals surface area (Å²) in [5.41, 5.74) is 2.14. The summed E-state index contributed by atoms with van der Waals surface area (Å²) in [5.74, 6) is 1.51. The van der Waals surface area contributed by atoms with Crippen LogP contribution in [0.2, 0.25) is 5.02 Å². The van der Waals surface area contributed by atoms with E-state index in [1.165, 1.54) is 5.56 Å². The van der Waals surface area contributed by atoms with Crippen LogP contribution in [0.25, 0.3) is 0 Å². The molecule has 3 nitrogen and oxygen atoms in total. The Morgan fingerprint density at radius 2 is 1.78 bits per heavy atom. The van der Waals surface area contributed by atoms with Crippen molar-refractivity contribution in [3.8, 4) is 11.5 Å². The van der Waals surface area contributed by atoms with Gasteiger partial charge in [-0.1, -0.05) is 42.8 Å². The highest BCUT2D eigenvalue weighted by Crippen LogP contribution is 2.30. The first-order valence-electron chi connectivity index (χ1n) is 7.57. The van der Waals surface area contributed by atoms with Crippen LogP contribution in [-0.2, 0) is 13.2 Å². The molecule has 0 spiro atoms. The molecular weight excluding hydrogens is 333 g/mol. The lowest BCUT2D eigenvalue weighted by Crippen LogP contribution is -2.12. The Morgan fingerprint density at radius 1 is 1.00 bits per heavy atom. The Hall–Kier alpha value is -1.42. The zero-order valence-electron chi connectivity index (χ0n) is 13.5. The van der Waals surface area contributed by atoms with Crippen LogP contribution < -0.4 is 14.8 Å². The Morgan fingerprint density at radius 3 is 2.48 bits per heavy atom. The monoisotopic (exact) mass is 355 g/mol. The lowest BCUT2D eigenvalue weighted by atomic mass is 10.2. The van der Waals surface area contributed by atoms with Gasteiger partial charge in [0.15, 0.2) is 11.5 Å². The smallest absolute Gasteiger partial charge is 0.161 e. The normalized spacial score (nSPS) is 10.0. The Balaban J connectivity index is 0.00000264. The lowest BCUT2D eigenvalue weighted by molar-refractivity contribution is 0.269. The van der Waals surface area contributed by atoms with E-state index in [1.807, 2.05) is 49.4 Å². The third-order valence-electron chi connectivity index (χ3n) is 3.23. The van der Waals surface area contributed by atoms with Crippen molar-refractivity contribution in [2.75, 3.05) is 13.2 Å². The predicted octanol–water partition coefficient (Wildman–Crippen LogP) is 4.85. The highest BCUT2D eigenvalue weighted by atomic mass is 35.5. The topological polar surface area (TPSA) is 30.5 Å². The van der Waals surface area contributed by atoms with E-state index in [-0.39, 0.29) is 12.4 Å². The van der Waals surface area contributed by atoms with Gasteiger partial charge >= 0.3 is 0 Å². The second-order valence-corrected chi connectivity index (χ2v) is 5.28. The van der Waals surface area contributed by atoms with Gasteiger partial charge < -0.3 is 14.8 Å². The standard InChI is InChI=1S/C18H22ClNO2.ClH/c1-3-20-12-14-9-10-17(18(11-14)21-4-2)22-13-15-7-5-6-8-16(15)19;/h5-11,20H,3-4,12-13H2,1-2H3;1H. The maximum atomic E-state index is 6.15. The molecule has 5 heteroatoms. The molecule has 2 aromatic rings. The van der Waals surface area contributed by atoms with E-state index in [2.05, 4.69) is 12.2 Å². The zero-order valence-corrected chi connectivity index (χ0v) is 15.0. The number of rotatable bonds is 8. The van der Waals surface area contributed by atoms with Gasteiger partial charge in [0.25, 0.3) is 0 Å². The number of hydrogen-bond acceptors (Lipinski definition) is 3. The molecule has 0 saturated carbocycles. The molecule has 23 heavy (non-hydrogen) atoms. The molecule has 0 aliphatic carbocycles. The van der Waals surface area contributed by atoms with Crippen molar-refractivity contribution in [3.63, 3.8) is 0 Å². The number of hydrogen-bond donors (Lipinski definition) is 1. The quantitative estimate of drug-likeness (QED) is 0.734. The molecule has 0 aromatic heterocycles. The molecule has 0 heterocycles. The summed E-state index contributed by atoms with van der Waals surface area (Å²) in [5, 5.41) is 4.02. The minimum absolute atomic E-state index is 0. The zero-order chi connectivity index (χ0) is 15.8. The minimum atomic E-state index is 0. The van der Waals surface area contributed by atoms with Gasteiger partial charge in [0.05, 0.1) is 6.61 Å². The van der Waals surface area contributed by atoms with Crippen molar-refractivity contribution >= 4 is 24.0 Å². The molecule has 0 radical (unpaired) electrons. The number of benzene rings is 2. The molecule has 0 aliphatic heterocycles. The van der Waals surface area contributed by atoms with E-state index >= 15 is 0 Å². The second kappa shape index (κ2) is 10.4. The van der Waals surface area contributed by atoms with Gasteiger partial charge in [-0.15, -0.1) is 12.4 Å². The fourth-order valence-electron chi connectivity index (χ4n) is 2.09. The van der Waals surface area contributed by atoms with Crippen molar-refractivity contribution in [1.29, 1.82) is 0 Å². The number of nitrogens with one attached hydrogen (secondary N) is 1. The molecule has 0 bridgehead atoms. The van der Waals surface area contributed by atoms with E-state index in [9.17, 15) is 0 Å². The highest BCUT2D eigenvalue weighted by Gasteiger charge is 2.08. The summed E-state index contributed by atoms with van der Waals surface area (Å²) in [4.78, 5) is 0. The summed E-state index contributed by atoms with van der Waals surface area (Å²) in [6, 6.07) is 13.7. The van der Waals surface area contributed by atoms with E-state index in [0.717, 1.165) is 30.2 Å². The number of halogens is 2. The highest BCUT2D eigenvalue weighted by molar-refractivity contribution is 6.31. The maximum Gasteiger partial charge on any atom is 0.161 e. The van der Waals surface area contributed by atoms with Gasteiger partial charge in [-0.2, -0.15) is 0 Å². The van der Waals surface area contributed by atoms with Crippen LogP contribution in [0.15, 0.2) is 42.5 Å². The van der Waals surface area contributed by atoms with E-state index in [4.69, 9.17) is 21.1 Å². The molecule has 0 aliphatic rings. The average molecular weight is 356 g/mol. The van der Waals surface area contributed by atoms with E-state index < -0.39 is 0 Å². The third-order valence-corrected chi connectivity index (χ3v) is 3.60. The van der Waals surface area contributed by atoms with Gasteiger partial charge in [-0.3, -0.25) is 0 Å². The fourth-order valence-corrected chi connectivity index (χ4v) is 2.28. The van der Waals surface area contributed by atoms with Crippen LogP contribution in [0.3, 0.4) is 0 Å². The molecule has 2 aromatic carbocycles. The fraction of sp³-hybridized carbons (Fsp3) is 0.333. The summed E-state index contributed by atoms with van der Waals surface area (Å²) in [6.07, 6.45) is 0. The maximum absolute atomic E-state index is 6.15. The molecule has 126 valence electrons. The first-order valence-corrected chi connectivity index (χ1v) is 7.95. The van der Waals surface area contributed by atoms with Crippen molar-refractivity contribution in [2.45, 2.75) is 27.0 Å². The number of ether oxygens (including phenoxy) is 2. The first kappa shape index (κ1) is 19.6. The van der Waals surface area contributed by atoms with Crippen LogP contribution in [0.4, 0.5) is 0 Å². The molecular formula is C18H23Cl2NO2. The van der Waals surface area contributed by atoms with Gasteiger partial charge in [-0.25, -0.2) is 0 Å². The lowest BCUT2D eigenvalue weighted by Gasteiger charge is -2.14. The van der Waals surface area contributed by atoms with Crippen molar-refractivity contribution < 1.29 is 9.47 Å². The molecule has 1 N–H and O–H groups in total. The third kappa shape index (κ3) is 5.94. The molecule has 0 unspecified atom stereocenters. The van der Waals surface area contributed by atoms with Gasteiger partial charge in [0.1, 0.15) is 6.61 Å². The largest absolute Gasteiger partial charge is 0.490 e. The van der Waals surface area contributed by atoms with Gasteiger partial charge in [0, 0.05) is 17.1 Å². The van der Waals surface area contributed by atoms with Crippen LogP contribution in [0.1, 0.15) is 25.0 Å². The molecule has 0 fully saturated rings. The molecule has 0 saturated heterocycles. The first-order chi connectivity index (χ1) is 10.7. The summed E-state index contributed by atoms with van der Waals surface area (Å²) in [6.45, 7) is 6.84. The van der Waals surface area contributed by atoms with Crippen molar-refractivity contribution in [1.82, 2.24) is 5.32 Å². The van der Waals surface area contributed by atoms with Crippen LogP contribution >= 0.6 is 24.0 Å². The average Bonchev–Trinajstić information content (AvgIpc) is 2.53. The van der Waals surface area contributed by atoms with Crippen LogP contribution in [0, 0.1) is 0 Å².